The van der Waals surface area contributed by atoms with Crippen molar-refractivity contribution in [1.29, 1.82) is 0 Å². The average Bonchev–Trinajstić information content (AvgIpc) is 2.98. The molecule has 8 heteroatoms. The van der Waals surface area contributed by atoms with Crippen molar-refractivity contribution in [2.75, 3.05) is 18.4 Å². The number of sulfonamides is 1. The maximum Gasteiger partial charge on any atom is 0.243 e. The first-order valence-electron chi connectivity index (χ1n) is 10.8. The van der Waals surface area contributed by atoms with Gasteiger partial charge in [-0.05, 0) is 73.6 Å². The number of fused-ring (bicyclic) bond motifs is 1. The summed E-state index contributed by atoms with van der Waals surface area (Å²) in [6, 6.07) is 8.68. The summed E-state index contributed by atoms with van der Waals surface area (Å²) in [5, 5.41) is 2.83. The molecule has 0 spiro atoms. The number of aromatic nitrogens is 1. The van der Waals surface area contributed by atoms with Crippen LogP contribution >= 0.6 is 0 Å². The Balaban J connectivity index is 1.45. The van der Waals surface area contributed by atoms with E-state index in [2.05, 4.69) is 10.3 Å². The van der Waals surface area contributed by atoms with E-state index in [9.17, 15) is 18.0 Å². The number of nitrogens with zero attached hydrogens (tertiary/aromatic N) is 2. The average molecular weight is 442 g/mol. The van der Waals surface area contributed by atoms with Gasteiger partial charge in [0.15, 0.2) is 0 Å². The van der Waals surface area contributed by atoms with Gasteiger partial charge in [0, 0.05) is 49.9 Å². The number of pyridine rings is 1. The predicted molar refractivity (Wildman–Crippen MR) is 117 cm³/mol. The molecule has 164 valence electrons. The van der Waals surface area contributed by atoms with Gasteiger partial charge in [-0.2, -0.15) is 4.31 Å². The topological polar surface area (TPSA) is 96.4 Å². The number of rotatable bonds is 6. The van der Waals surface area contributed by atoms with Crippen molar-refractivity contribution in [2.45, 2.75) is 49.8 Å². The molecule has 1 amide bonds. The second kappa shape index (κ2) is 9.28. The van der Waals surface area contributed by atoms with Gasteiger partial charge in [0.2, 0.25) is 15.9 Å². The van der Waals surface area contributed by atoms with Crippen LogP contribution in [0.3, 0.4) is 0 Å². The quantitative estimate of drug-likeness (QED) is 0.743. The summed E-state index contributed by atoms with van der Waals surface area (Å²) in [6.07, 6.45) is 7.65. The van der Waals surface area contributed by atoms with E-state index in [0.29, 0.717) is 50.8 Å². The number of Topliss-reactive ketones (excluding diaryl/α,β-unsaturated/α-hetero) is 1. The SMILES string of the molecule is O=C1CCCc2cc(S(=O)(=O)N3CCCC(C(=O)CCc4ccncc4)C3)ccc2N1. The molecule has 2 aliphatic rings. The standard InChI is InChI=1S/C23H27N3O4S/c27-22(9-6-17-10-12-24-13-11-17)19-4-2-14-26(16-19)31(29,30)20-7-8-21-18(15-20)3-1-5-23(28)25-21/h7-8,10-13,15,19H,1-6,9,14,16H2,(H,25,28). The van der Waals surface area contributed by atoms with Crippen molar-refractivity contribution in [3.63, 3.8) is 0 Å². The summed E-state index contributed by atoms with van der Waals surface area (Å²) >= 11 is 0. The number of benzene rings is 1. The van der Waals surface area contributed by atoms with Gasteiger partial charge in [-0.3, -0.25) is 14.6 Å². The Hall–Kier alpha value is -2.58. The Bertz CT molecular complexity index is 1070. The predicted octanol–water partition coefficient (Wildman–Crippen LogP) is 2.96. The molecule has 4 rings (SSSR count). The second-order valence-corrected chi connectivity index (χ2v) is 10.2. The number of nitrogens with one attached hydrogen (secondary N) is 1. The van der Waals surface area contributed by atoms with Gasteiger partial charge >= 0.3 is 0 Å². The summed E-state index contributed by atoms with van der Waals surface area (Å²) < 4.78 is 28.0. The summed E-state index contributed by atoms with van der Waals surface area (Å²) in [7, 11) is -3.69. The number of hydrogen-bond acceptors (Lipinski definition) is 5. The Morgan fingerprint density at radius 2 is 1.94 bits per heavy atom. The molecule has 0 bridgehead atoms. The van der Waals surface area contributed by atoms with Crippen LogP contribution in [0.2, 0.25) is 0 Å². The lowest BCUT2D eigenvalue weighted by molar-refractivity contribution is -0.124. The Kier molecular flexibility index (Phi) is 6.48. The molecule has 1 saturated heterocycles. The van der Waals surface area contributed by atoms with E-state index in [0.717, 1.165) is 17.5 Å². The number of hydrogen-bond donors (Lipinski definition) is 1. The Labute approximate surface area is 182 Å². The van der Waals surface area contributed by atoms with Crippen LogP contribution in [-0.4, -0.2) is 42.5 Å². The van der Waals surface area contributed by atoms with E-state index in [-0.39, 0.29) is 29.0 Å². The van der Waals surface area contributed by atoms with Gasteiger partial charge in [0.1, 0.15) is 5.78 Å². The zero-order valence-corrected chi connectivity index (χ0v) is 18.2. The van der Waals surface area contributed by atoms with Gasteiger partial charge in [0.05, 0.1) is 4.90 Å². The molecule has 1 aromatic heterocycles. The number of anilines is 1. The van der Waals surface area contributed by atoms with Crippen LogP contribution < -0.4 is 5.32 Å². The van der Waals surface area contributed by atoms with E-state index in [1.54, 1.807) is 30.6 Å². The normalized spacial score (nSPS) is 19.9. The lowest BCUT2D eigenvalue weighted by Gasteiger charge is -2.31. The highest BCUT2D eigenvalue weighted by Crippen LogP contribution is 2.29. The van der Waals surface area contributed by atoms with E-state index in [1.807, 2.05) is 12.1 Å². The maximum absolute atomic E-state index is 13.3. The van der Waals surface area contributed by atoms with Crippen molar-refractivity contribution in [2.24, 2.45) is 5.92 Å². The lowest BCUT2D eigenvalue weighted by atomic mass is 9.92. The first kappa shape index (κ1) is 21.6. The Morgan fingerprint density at radius 1 is 1.13 bits per heavy atom. The van der Waals surface area contributed by atoms with Gasteiger partial charge in [-0.15, -0.1) is 0 Å². The van der Waals surface area contributed by atoms with Crippen LogP contribution in [-0.2, 0) is 32.5 Å². The molecule has 1 unspecified atom stereocenters. The molecule has 0 radical (unpaired) electrons. The van der Waals surface area contributed by atoms with E-state index in [1.165, 1.54) is 4.31 Å². The summed E-state index contributed by atoms with van der Waals surface area (Å²) in [5.41, 5.74) is 2.58. The zero-order chi connectivity index (χ0) is 21.8. The number of piperidine rings is 1. The fourth-order valence-electron chi connectivity index (χ4n) is 4.31. The minimum absolute atomic E-state index is 0.0430. The number of aryl methyl sites for hydroxylation is 2. The number of carbonyl (C=O) groups excluding carboxylic acids is 2. The first-order chi connectivity index (χ1) is 14.9. The highest BCUT2D eigenvalue weighted by atomic mass is 32.2. The fraction of sp³-hybridized carbons (Fsp3) is 0.435. The molecule has 31 heavy (non-hydrogen) atoms. The molecule has 1 atom stereocenters. The van der Waals surface area contributed by atoms with Crippen molar-refractivity contribution < 1.29 is 18.0 Å². The third-order valence-corrected chi connectivity index (χ3v) is 7.95. The van der Waals surface area contributed by atoms with Crippen molar-refractivity contribution >= 4 is 27.4 Å². The molecule has 0 aliphatic carbocycles. The summed E-state index contributed by atoms with van der Waals surface area (Å²) in [4.78, 5) is 28.7. The third kappa shape index (κ3) is 5.02. The molecule has 1 fully saturated rings. The van der Waals surface area contributed by atoms with Crippen molar-refractivity contribution in [3.8, 4) is 0 Å². The first-order valence-corrected chi connectivity index (χ1v) is 12.2. The van der Waals surface area contributed by atoms with Gasteiger partial charge in [-0.1, -0.05) is 0 Å². The highest BCUT2D eigenvalue weighted by molar-refractivity contribution is 7.89. The summed E-state index contributed by atoms with van der Waals surface area (Å²) in [6.45, 7) is 0.648. The smallest absolute Gasteiger partial charge is 0.243 e. The molecule has 1 aromatic carbocycles. The minimum atomic E-state index is -3.69. The fourth-order valence-corrected chi connectivity index (χ4v) is 5.88. The van der Waals surface area contributed by atoms with Gasteiger partial charge in [-0.25, -0.2) is 8.42 Å². The molecule has 1 N–H and O–H groups in total. The third-order valence-electron chi connectivity index (χ3n) is 6.09. The molecule has 2 aromatic rings. The second-order valence-electron chi connectivity index (χ2n) is 8.24. The Morgan fingerprint density at radius 3 is 2.74 bits per heavy atom. The van der Waals surface area contributed by atoms with Crippen molar-refractivity contribution in [1.82, 2.24) is 9.29 Å². The van der Waals surface area contributed by atoms with Gasteiger partial charge < -0.3 is 5.32 Å². The molecular formula is C23H27N3O4S. The van der Waals surface area contributed by atoms with Crippen LogP contribution in [0.4, 0.5) is 5.69 Å². The molecule has 2 aliphatic heterocycles. The van der Waals surface area contributed by atoms with E-state index >= 15 is 0 Å². The minimum Gasteiger partial charge on any atom is -0.326 e. The summed E-state index contributed by atoms with van der Waals surface area (Å²) in [5.74, 6) is -0.203. The maximum atomic E-state index is 13.3. The van der Waals surface area contributed by atoms with Crippen LogP contribution in [0.1, 0.15) is 43.2 Å². The number of amides is 1. The number of ketones is 1. The number of carbonyl (C=O) groups is 2. The zero-order valence-electron chi connectivity index (χ0n) is 17.4. The van der Waals surface area contributed by atoms with E-state index < -0.39 is 10.0 Å². The van der Waals surface area contributed by atoms with Crippen LogP contribution in [0.5, 0.6) is 0 Å². The van der Waals surface area contributed by atoms with Gasteiger partial charge in [0.25, 0.3) is 0 Å². The largest absolute Gasteiger partial charge is 0.326 e. The molecular weight excluding hydrogens is 414 g/mol. The van der Waals surface area contributed by atoms with Crippen LogP contribution in [0, 0.1) is 5.92 Å². The van der Waals surface area contributed by atoms with Crippen LogP contribution in [0.15, 0.2) is 47.6 Å². The lowest BCUT2D eigenvalue weighted by Crippen LogP contribution is -2.42. The highest BCUT2D eigenvalue weighted by Gasteiger charge is 2.33. The van der Waals surface area contributed by atoms with Crippen molar-refractivity contribution in [3.05, 3.63) is 53.9 Å². The molecule has 3 heterocycles. The van der Waals surface area contributed by atoms with Crippen LogP contribution in [0.25, 0.3) is 0 Å². The van der Waals surface area contributed by atoms with E-state index in [4.69, 9.17) is 0 Å². The molecule has 7 nitrogen and oxygen atoms in total. The molecule has 0 saturated carbocycles. The monoisotopic (exact) mass is 441 g/mol.